The van der Waals surface area contributed by atoms with Gasteiger partial charge in [-0.15, -0.1) is 6.58 Å². The Morgan fingerprint density at radius 1 is 1.59 bits per heavy atom. The summed E-state index contributed by atoms with van der Waals surface area (Å²) in [5.74, 6) is -0.0269. The first-order valence-electron chi connectivity index (χ1n) is 6.13. The average molecular weight is 237 g/mol. The van der Waals surface area contributed by atoms with Crippen molar-refractivity contribution in [2.45, 2.75) is 31.3 Å². The Hall–Kier alpha value is -1.36. The quantitative estimate of drug-likeness (QED) is 0.642. The molecule has 0 bridgehead atoms. The van der Waals surface area contributed by atoms with Crippen molar-refractivity contribution in [3.63, 3.8) is 0 Å². The van der Waals surface area contributed by atoms with Gasteiger partial charge in [-0.1, -0.05) is 6.08 Å². The summed E-state index contributed by atoms with van der Waals surface area (Å²) in [6, 6.07) is -0.0204. The number of nitrogens with one attached hydrogen (secondary N) is 2. The predicted molar refractivity (Wildman–Crippen MR) is 64.3 cm³/mol. The molecule has 2 amide bonds. The fourth-order valence-electron chi connectivity index (χ4n) is 1.99. The second kappa shape index (κ2) is 5.31. The Bertz CT molecular complexity index is 326. The third-order valence-electron chi connectivity index (χ3n) is 3.06. The molecular formula is C12H19N3O2. The van der Waals surface area contributed by atoms with Crippen molar-refractivity contribution in [3.05, 3.63) is 12.7 Å². The number of piperazine rings is 1. The highest BCUT2D eigenvalue weighted by molar-refractivity contribution is 5.89. The molecule has 5 nitrogen and oxygen atoms in total. The molecule has 2 aliphatic rings. The fourth-order valence-corrected chi connectivity index (χ4v) is 1.99. The van der Waals surface area contributed by atoms with Gasteiger partial charge in [-0.25, -0.2) is 0 Å². The van der Waals surface area contributed by atoms with Crippen LogP contribution in [0, 0.1) is 0 Å². The Labute approximate surface area is 101 Å². The number of amides is 2. The first kappa shape index (κ1) is 12.1. The zero-order valence-electron chi connectivity index (χ0n) is 9.95. The second-order valence-electron chi connectivity index (χ2n) is 4.63. The molecule has 2 rings (SSSR count). The smallest absolute Gasteiger partial charge is 0.240 e. The van der Waals surface area contributed by atoms with Crippen LogP contribution in [-0.4, -0.2) is 48.4 Å². The molecular weight excluding hydrogens is 218 g/mol. The number of carbonyl (C=O) groups excluding carboxylic acids is 2. The standard InChI is InChI=1S/C12H19N3O2/c1-2-6-15-7-5-13-10(12(15)17)8-11(16)14-9-3-4-9/h2,9-10,13H,1,3-8H2,(H,14,16). The van der Waals surface area contributed by atoms with Crippen LogP contribution in [0.3, 0.4) is 0 Å². The van der Waals surface area contributed by atoms with Crippen LogP contribution >= 0.6 is 0 Å². The van der Waals surface area contributed by atoms with Crippen molar-refractivity contribution in [2.75, 3.05) is 19.6 Å². The fraction of sp³-hybridized carbons (Fsp3) is 0.667. The Morgan fingerprint density at radius 3 is 3.00 bits per heavy atom. The van der Waals surface area contributed by atoms with E-state index in [0.29, 0.717) is 19.1 Å². The highest BCUT2D eigenvalue weighted by atomic mass is 16.2. The number of hydrogen-bond donors (Lipinski definition) is 2. The minimum absolute atomic E-state index is 0.00194. The van der Waals surface area contributed by atoms with Gasteiger partial charge in [0.15, 0.2) is 0 Å². The van der Waals surface area contributed by atoms with Crippen molar-refractivity contribution in [3.8, 4) is 0 Å². The van der Waals surface area contributed by atoms with Crippen LogP contribution in [0.15, 0.2) is 12.7 Å². The van der Waals surface area contributed by atoms with Crippen LogP contribution < -0.4 is 10.6 Å². The first-order chi connectivity index (χ1) is 8.20. The van der Waals surface area contributed by atoms with E-state index in [4.69, 9.17) is 0 Å². The molecule has 0 spiro atoms. The molecule has 1 atom stereocenters. The van der Waals surface area contributed by atoms with E-state index in [1.165, 1.54) is 0 Å². The predicted octanol–water partition coefficient (Wildman–Crippen LogP) is -0.358. The van der Waals surface area contributed by atoms with Gasteiger partial charge in [0, 0.05) is 25.7 Å². The Kier molecular flexibility index (Phi) is 3.78. The summed E-state index contributed by atoms with van der Waals surface area (Å²) in [5, 5.41) is 5.99. The molecule has 2 fully saturated rings. The van der Waals surface area contributed by atoms with Gasteiger partial charge in [0.05, 0.1) is 12.5 Å². The van der Waals surface area contributed by atoms with Crippen molar-refractivity contribution in [1.82, 2.24) is 15.5 Å². The van der Waals surface area contributed by atoms with Gasteiger partial charge in [-0.2, -0.15) is 0 Å². The van der Waals surface area contributed by atoms with E-state index < -0.39 is 0 Å². The maximum Gasteiger partial charge on any atom is 0.240 e. The average Bonchev–Trinajstić information content (AvgIpc) is 3.08. The molecule has 0 aromatic carbocycles. The molecule has 1 unspecified atom stereocenters. The van der Waals surface area contributed by atoms with E-state index in [1.54, 1.807) is 11.0 Å². The molecule has 0 aromatic rings. The minimum atomic E-state index is -0.373. The maximum absolute atomic E-state index is 12.0. The molecule has 2 N–H and O–H groups in total. The number of carbonyl (C=O) groups is 2. The third-order valence-corrected chi connectivity index (χ3v) is 3.06. The summed E-state index contributed by atoms with van der Waals surface area (Å²) in [7, 11) is 0. The highest BCUT2D eigenvalue weighted by Gasteiger charge is 2.31. The topological polar surface area (TPSA) is 61.4 Å². The molecule has 1 saturated carbocycles. The molecule has 17 heavy (non-hydrogen) atoms. The first-order valence-corrected chi connectivity index (χ1v) is 6.13. The summed E-state index contributed by atoms with van der Waals surface area (Å²) in [4.78, 5) is 25.4. The van der Waals surface area contributed by atoms with E-state index in [1.807, 2.05) is 0 Å². The third kappa shape index (κ3) is 3.30. The van der Waals surface area contributed by atoms with Gasteiger partial charge in [0.2, 0.25) is 11.8 Å². The molecule has 0 aromatic heterocycles. The van der Waals surface area contributed by atoms with Crippen molar-refractivity contribution in [2.24, 2.45) is 0 Å². The largest absolute Gasteiger partial charge is 0.353 e. The summed E-state index contributed by atoms with van der Waals surface area (Å²) in [5.41, 5.74) is 0. The Morgan fingerprint density at radius 2 is 2.35 bits per heavy atom. The van der Waals surface area contributed by atoms with Crippen molar-refractivity contribution >= 4 is 11.8 Å². The minimum Gasteiger partial charge on any atom is -0.353 e. The van der Waals surface area contributed by atoms with E-state index in [0.717, 1.165) is 19.4 Å². The second-order valence-corrected chi connectivity index (χ2v) is 4.63. The van der Waals surface area contributed by atoms with Crippen LogP contribution in [0.2, 0.25) is 0 Å². The summed E-state index contributed by atoms with van der Waals surface area (Å²) < 4.78 is 0. The van der Waals surface area contributed by atoms with E-state index in [9.17, 15) is 9.59 Å². The van der Waals surface area contributed by atoms with E-state index in [2.05, 4.69) is 17.2 Å². The van der Waals surface area contributed by atoms with Gasteiger partial charge in [-0.05, 0) is 12.8 Å². The zero-order chi connectivity index (χ0) is 12.3. The highest BCUT2D eigenvalue weighted by Crippen LogP contribution is 2.19. The Balaban J connectivity index is 1.83. The van der Waals surface area contributed by atoms with Crippen molar-refractivity contribution in [1.29, 1.82) is 0 Å². The van der Waals surface area contributed by atoms with Gasteiger partial charge >= 0.3 is 0 Å². The van der Waals surface area contributed by atoms with Gasteiger partial charge in [0.1, 0.15) is 0 Å². The lowest BCUT2D eigenvalue weighted by Crippen LogP contribution is -2.56. The lowest BCUT2D eigenvalue weighted by molar-refractivity contribution is -0.137. The number of hydrogen-bond acceptors (Lipinski definition) is 3. The van der Waals surface area contributed by atoms with E-state index >= 15 is 0 Å². The molecule has 1 heterocycles. The molecule has 1 aliphatic carbocycles. The van der Waals surface area contributed by atoms with Gasteiger partial charge in [-0.3, -0.25) is 9.59 Å². The van der Waals surface area contributed by atoms with Crippen LogP contribution in [0.5, 0.6) is 0 Å². The lowest BCUT2D eigenvalue weighted by atomic mass is 10.1. The normalized spacial score (nSPS) is 24.6. The lowest BCUT2D eigenvalue weighted by Gasteiger charge is -2.32. The van der Waals surface area contributed by atoms with Crippen LogP contribution in [0.1, 0.15) is 19.3 Å². The monoisotopic (exact) mass is 237 g/mol. The van der Waals surface area contributed by atoms with Crippen LogP contribution in [0.4, 0.5) is 0 Å². The summed E-state index contributed by atoms with van der Waals surface area (Å²) in [6.07, 6.45) is 4.09. The van der Waals surface area contributed by atoms with Crippen LogP contribution in [-0.2, 0) is 9.59 Å². The number of nitrogens with zero attached hydrogens (tertiary/aromatic N) is 1. The SMILES string of the molecule is C=CCN1CCNC(CC(=O)NC2CC2)C1=O. The van der Waals surface area contributed by atoms with Gasteiger partial charge in [0.25, 0.3) is 0 Å². The molecule has 1 saturated heterocycles. The van der Waals surface area contributed by atoms with E-state index in [-0.39, 0.29) is 24.3 Å². The van der Waals surface area contributed by atoms with Crippen molar-refractivity contribution < 1.29 is 9.59 Å². The summed E-state index contributed by atoms with van der Waals surface area (Å²) in [6.45, 7) is 5.61. The summed E-state index contributed by atoms with van der Waals surface area (Å²) >= 11 is 0. The van der Waals surface area contributed by atoms with Crippen LogP contribution in [0.25, 0.3) is 0 Å². The molecule has 94 valence electrons. The molecule has 0 radical (unpaired) electrons. The molecule has 1 aliphatic heterocycles. The maximum atomic E-state index is 12.0. The zero-order valence-corrected chi connectivity index (χ0v) is 9.95. The molecule has 5 heteroatoms. The number of rotatable bonds is 5. The van der Waals surface area contributed by atoms with Gasteiger partial charge < -0.3 is 15.5 Å².